The van der Waals surface area contributed by atoms with Crippen LogP contribution in [-0.4, -0.2) is 15.8 Å². The number of halogens is 1. The minimum Gasteiger partial charge on any atom is -1.00 e. The van der Waals surface area contributed by atoms with E-state index in [1.165, 1.54) is 12.1 Å². The molecule has 0 saturated carbocycles. The van der Waals surface area contributed by atoms with Crippen molar-refractivity contribution in [3.05, 3.63) is 44.5 Å². The van der Waals surface area contributed by atoms with E-state index in [0.29, 0.717) is 0 Å². The molecule has 1 aromatic carbocycles. The largest absolute Gasteiger partial charge is 1.00 e. The van der Waals surface area contributed by atoms with Crippen molar-refractivity contribution in [2.75, 3.05) is 0 Å². The van der Waals surface area contributed by atoms with Crippen LogP contribution in [-0.2, 0) is 4.79 Å². The second kappa shape index (κ2) is 7.46. The second-order valence-electron chi connectivity index (χ2n) is 5.33. The van der Waals surface area contributed by atoms with Gasteiger partial charge in [-0.2, -0.15) is 5.26 Å². The predicted octanol–water partition coefficient (Wildman–Crippen LogP) is 0.773. The van der Waals surface area contributed by atoms with Crippen molar-refractivity contribution in [2.24, 2.45) is 5.41 Å². The molecule has 0 atom stereocenters. The molecule has 6 nitrogen and oxygen atoms in total. The molecule has 0 saturated heterocycles. The summed E-state index contributed by atoms with van der Waals surface area (Å²) in [5.74, 6) is -1.33. The Morgan fingerprint density at radius 3 is 2.41 bits per heavy atom. The number of ketones is 1. The number of carbonyl (C=O) groups is 1. The maximum Gasteiger partial charge on any atom is 1.00 e. The van der Waals surface area contributed by atoms with Gasteiger partial charge in [-0.3, -0.25) is 14.9 Å². The quantitative estimate of drug-likeness (QED) is 0.221. The van der Waals surface area contributed by atoms with Crippen molar-refractivity contribution in [3.8, 4) is 6.07 Å². The summed E-state index contributed by atoms with van der Waals surface area (Å²) in [6, 6.07) is 5.18. The Balaban J connectivity index is 0. The van der Waals surface area contributed by atoms with Crippen molar-refractivity contribution in [3.63, 3.8) is 0 Å². The Morgan fingerprint density at radius 1 is 1.45 bits per heavy atom. The SMILES string of the molecule is CC(C)(C)C(=O)C(C#N)=C(O)c1ccc(Cl)cc1[N+](=O)[O-].[H-].[Li+]. The molecular weight excluding hydrogens is 303 g/mol. The third-order valence-corrected chi connectivity index (χ3v) is 2.90. The van der Waals surface area contributed by atoms with Crippen molar-refractivity contribution in [1.29, 1.82) is 5.26 Å². The van der Waals surface area contributed by atoms with Gasteiger partial charge in [-0.1, -0.05) is 32.4 Å². The number of hydrogen-bond acceptors (Lipinski definition) is 5. The third-order valence-electron chi connectivity index (χ3n) is 2.67. The average molecular weight is 317 g/mol. The van der Waals surface area contributed by atoms with Crippen molar-refractivity contribution in [1.82, 2.24) is 0 Å². The number of aliphatic hydroxyl groups is 1. The van der Waals surface area contributed by atoms with Gasteiger partial charge in [0.25, 0.3) is 5.69 Å². The molecule has 112 valence electrons. The number of carbonyl (C=O) groups excluding carboxylic acids is 1. The second-order valence-corrected chi connectivity index (χ2v) is 5.77. The number of rotatable bonds is 3. The normalized spacial score (nSPS) is 11.8. The minimum absolute atomic E-state index is 0. The zero-order valence-electron chi connectivity index (χ0n) is 13.7. The number of aliphatic hydroxyl groups excluding tert-OH is 1. The Bertz CT molecular complexity index is 693. The van der Waals surface area contributed by atoms with Gasteiger partial charge in [0.05, 0.1) is 10.5 Å². The molecule has 0 fully saturated rings. The molecule has 0 bridgehead atoms. The van der Waals surface area contributed by atoms with E-state index in [-0.39, 0.29) is 30.9 Å². The summed E-state index contributed by atoms with van der Waals surface area (Å²) in [7, 11) is 0. The molecule has 1 N–H and O–H groups in total. The van der Waals surface area contributed by atoms with Crippen LogP contribution in [0.1, 0.15) is 27.8 Å². The van der Waals surface area contributed by atoms with Crippen molar-refractivity contribution < 1.29 is 35.1 Å². The van der Waals surface area contributed by atoms with Crippen LogP contribution in [0.4, 0.5) is 5.69 Å². The number of Topliss-reactive ketones (excluding diaryl/α,β-unsaturated/α-hetero) is 1. The molecule has 1 aromatic rings. The van der Waals surface area contributed by atoms with Gasteiger partial charge in [-0.15, -0.1) is 0 Å². The third kappa shape index (κ3) is 4.35. The van der Waals surface area contributed by atoms with E-state index in [1.807, 2.05) is 0 Å². The van der Waals surface area contributed by atoms with Gasteiger partial charge >= 0.3 is 18.9 Å². The summed E-state index contributed by atoms with van der Waals surface area (Å²) in [6.45, 7) is 4.74. The van der Waals surface area contributed by atoms with E-state index in [2.05, 4.69) is 0 Å². The zero-order valence-corrected chi connectivity index (χ0v) is 13.4. The van der Waals surface area contributed by atoms with Gasteiger partial charge in [0.1, 0.15) is 11.6 Å². The zero-order chi connectivity index (χ0) is 16.4. The standard InChI is InChI=1S/C14H13ClN2O4.Li.H/c1-14(2,3)13(19)10(7-16)12(18)9-5-4-8(15)6-11(9)17(20)21;;/h4-6,18H,1-3H3;;/q;+1;-1. The number of nitrogens with zero attached hydrogens (tertiary/aromatic N) is 2. The maximum absolute atomic E-state index is 12.1. The average Bonchev–Trinajstić information content (AvgIpc) is 2.37. The van der Waals surface area contributed by atoms with Gasteiger partial charge in [0.15, 0.2) is 11.5 Å². The molecule has 8 heteroatoms. The van der Waals surface area contributed by atoms with Crippen LogP contribution >= 0.6 is 11.6 Å². The molecule has 0 unspecified atom stereocenters. The molecule has 0 aliphatic carbocycles. The molecule has 1 rings (SSSR count). The summed E-state index contributed by atoms with van der Waals surface area (Å²) >= 11 is 5.68. The molecular formula is C14H14ClLiN2O4. The Hall–Kier alpha value is -1.79. The Morgan fingerprint density at radius 2 is 2.00 bits per heavy atom. The van der Waals surface area contributed by atoms with Crippen LogP contribution in [0, 0.1) is 26.9 Å². The van der Waals surface area contributed by atoms with Gasteiger partial charge in [-0.05, 0) is 12.1 Å². The van der Waals surface area contributed by atoms with Gasteiger partial charge in [0, 0.05) is 16.5 Å². The van der Waals surface area contributed by atoms with E-state index in [4.69, 9.17) is 16.9 Å². The van der Waals surface area contributed by atoms with Gasteiger partial charge in [0.2, 0.25) is 0 Å². The Labute approximate surface area is 146 Å². The first kappa shape index (κ1) is 20.2. The molecule has 0 aliphatic heterocycles. The number of nitriles is 1. The first-order valence-electron chi connectivity index (χ1n) is 5.92. The molecule has 0 spiro atoms. The summed E-state index contributed by atoms with van der Waals surface area (Å²) in [5.41, 5.74) is -2.12. The number of nitro groups is 1. The molecule has 0 aliphatic rings. The molecule has 0 amide bonds. The van der Waals surface area contributed by atoms with E-state index in [0.717, 1.165) is 6.07 Å². The maximum atomic E-state index is 12.1. The first-order chi connectivity index (χ1) is 9.59. The fourth-order valence-corrected chi connectivity index (χ4v) is 1.74. The molecule has 0 heterocycles. The van der Waals surface area contributed by atoms with Crippen LogP contribution < -0.4 is 18.9 Å². The summed E-state index contributed by atoms with van der Waals surface area (Å²) in [4.78, 5) is 22.4. The van der Waals surface area contributed by atoms with Gasteiger partial charge < -0.3 is 6.53 Å². The molecule has 0 radical (unpaired) electrons. The van der Waals surface area contributed by atoms with Crippen molar-refractivity contribution in [2.45, 2.75) is 20.8 Å². The van der Waals surface area contributed by atoms with Crippen LogP contribution in [0.5, 0.6) is 0 Å². The van der Waals surface area contributed by atoms with E-state index in [9.17, 15) is 20.0 Å². The number of hydrogen-bond donors (Lipinski definition) is 1. The van der Waals surface area contributed by atoms with Crippen LogP contribution in [0.25, 0.3) is 5.76 Å². The number of nitro benzene ring substituents is 1. The molecule has 22 heavy (non-hydrogen) atoms. The monoisotopic (exact) mass is 316 g/mol. The van der Waals surface area contributed by atoms with Gasteiger partial charge in [-0.25, -0.2) is 0 Å². The summed E-state index contributed by atoms with van der Waals surface area (Å²) in [6.07, 6.45) is 0. The van der Waals surface area contributed by atoms with E-state index in [1.54, 1.807) is 26.8 Å². The van der Waals surface area contributed by atoms with Crippen LogP contribution in [0.3, 0.4) is 0 Å². The topological polar surface area (TPSA) is 104 Å². The number of benzene rings is 1. The van der Waals surface area contributed by atoms with Crippen LogP contribution in [0.15, 0.2) is 23.8 Å². The fraction of sp³-hybridized carbons (Fsp3) is 0.286. The fourth-order valence-electron chi connectivity index (χ4n) is 1.58. The van der Waals surface area contributed by atoms with E-state index < -0.39 is 33.1 Å². The van der Waals surface area contributed by atoms with E-state index >= 15 is 0 Å². The smallest absolute Gasteiger partial charge is 1.00 e. The summed E-state index contributed by atoms with van der Waals surface area (Å²) < 4.78 is 0. The van der Waals surface area contributed by atoms with Crippen LogP contribution in [0.2, 0.25) is 5.02 Å². The number of allylic oxidation sites excluding steroid dienone is 1. The predicted molar refractivity (Wildman–Crippen MR) is 78.8 cm³/mol. The first-order valence-corrected chi connectivity index (χ1v) is 6.30. The minimum atomic E-state index is -0.903. The summed E-state index contributed by atoms with van der Waals surface area (Å²) in [5, 5.41) is 30.3. The Kier molecular flexibility index (Phi) is 6.86. The molecule has 0 aromatic heterocycles. The van der Waals surface area contributed by atoms with Crippen molar-refractivity contribution >= 4 is 28.8 Å².